The van der Waals surface area contributed by atoms with Gasteiger partial charge in [-0.05, 0) is 43.0 Å². The molecule has 1 fully saturated rings. The van der Waals surface area contributed by atoms with Gasteiger partial charge in [0.25, 0.3) is 0 Å². The van der Waals surface area contributed by atoms with Crippen LogP contribution in [0.25, 0.3) is 0 Å². The molecule has 0 bridgehead atoms. The SMILES string of the molecule is OCCN1CCC(C(c2ccccc2)c2ccccc2)CC1. The number of benzene rings is 2. The third-order valence-electron chi connectivity index (χ3n) is 4.84. The van der Waals surface area contributed by atoms with Crippen LogP contribution in [0.2, 0.25) is 0 Å². The lowest BCUT2D eigenvalue weighted by molar-refractivity contribution is 0.142. The molecule has 1 aliphatic heterocycles. The molecule has 116 valence electrons. The van der Waals surface area contributed by atoms with Gasteiger partial charge in [0.1, 0.15) is 0 Å². The maximum Gasteiger partial charge on any atom is 0.0558 e. The molecular weight excluding hydrogens is 270 g/mol. The predicted molar refractivity (Wildman–Crippen MR) is 91.0 cm³/mol. The van der Waals surface area contributed by atoms with Crippen LogP contribution in [0.4, 0.5) is 0 Å². The van der Waals surface area contributed by atoms with Crippen molar-refractivity contribution < 1.29 is 5.11 Å². The number of hydrogen-bond acceptors (Lipinski definition) is 2. The first kappa shape index (κ1) is 15.3. The summed E-state index contributed by atoms with van der Waals surface area (Å²) in [6, 6.07) is 21.8. The summed E-state index contributed by atoms with van der Waals surface area (Å²) in [7, 11) is 0. The Bertz CT molecular complexity index is 507. The van der Waals surface area contributed by atoms with Crippen molar-refractivity contribution in [3.63, 3.8) is 0 Å². The number of hydrogen-bond donors (Lipinski definition) is 1. The molecule has 1 heterocycles. The van der Waals surface area contributed by atoms with E-state index in [0.717, 1.165) is 19.6 Å². The van der Waals surface area contributed by atoms with Crippen molar-refractivity contribution >= 4 is 0 Å². The minimum atomic E-state index is 0.269. The lowest BCUT2D eigenvalue weighted by Gasteiger charge is -2.36. The number of aliphatic hydroxyl groups excluding tert-OH is 1. The van der Waals surface area contributed by atoms with Crippen LogP contribution in [-0.4, -0.2) is 36.2 Å². The molecule has 1 aliphatic rings. The van der Waals surface area contributed by atoms with Gasteiger partial charge in [0.2, 0.25) is 0 Å². The van der Waals surface area contributed by atoms with Crippen molar-refractivity contribution in [3.05, 3.63) is 71.8 Å². The van der Waals surface area contributed by atoms with Crippen LogP contribution in [-0.2, 0) is 0 Å². The largest absolute Gasteiger partial charge is 0.395 e. The van der Waals surface area contributed by atoms with E-state index in [1.165, 1.54) is 24.0 Å². The zero-order valence-electron chi connectivity index (χ0n) is 13.1. The number of aliphatic hydroxyl groups is 1. The van der Waals surface area contributed by atoms with E-state index in [0.29, 0.717) is 11.8 Å². The number of rotatable bonds is 5. The normalized spacial score (nSPS) is 17.0. The fourth-order valence-corrected chi connectivity index (χ4v) is 3.71. The Kier molecular flexibility index (Phi) is 5.25. The number of nitrogens with zero attached hydrogens (tertiary/aromatic N) is 1. The summed E-state index contributed by atoms with van der Waals surface area (Å²) in [5.74, 6) is 1.17. The molecule has 0 aliphatic carbocycles. The molecule has 22 heavy (non-hydrogen) atoms. The third kappa shape index (κ3) is 3.57. The lowest BCUT2D eigenvalue weighted by atomic mass is 9.76. The first-order chi connectivity index (χ1) is 10.9. The van der Waals surface area contributed by atoms with E-state index in [1.54, 1.807) is 0 Å². The van der Waals surface area contributed by atoms with Crippen LogP contribution in [0, 0.1) is 5.92 Å². The first-order valence-corrected chi connectivity index (χ1v) is 8.31. The third-order valence-corrected chi connectivity index (χ3v) is 4.84. The second-order valence-corrected chi connectivity index (χ2v) is 6.20. The molecule has 0 spiro atoms. The highest BCUT2D eigenvalue weighted by molar-refractivity contribution is 5.33. The summed E-state index contributed by atoms with van der Waals surface area (Å²) in [5, 5.41) is 9.11. The molecule has 0 aromatic heterocycles. The van der Waals surface area contributed by atoms with Crippen LogP contribution >= 0.6 is 0 Å². The smallest absolute Gasteiger partial charge is 0.0558 e. The van der Waals surface area contributed by atoms with E-state index in [2.05, 4.69) is 65.6 Å². The minimum Gasteiger partial charge on any atom is -0.395 e. The zero-order chi connectivity index (χ0) is 15.2. The van der Waals surface area contributed by atoms with Gasteiger partial charge in [0.05, 0.1) is 6.61 Å². The summed E-state index contributed by atoms with van der Waals surface area (Å²) >= 11 is 0. The van der Waals surface area contributed by atoms with E-state index >= 15 is 0 Å². The molecule has 2 heteroatoms. The average molecular weight is 295 g/mol. The Hall–Kier alpha value is -1.64. The molecule has 0 radical (unpaired) electrons. The standard InChI is InChI=1S/C20H25NO/c22-16-15-21-13-11-19(12-14-21)20(17-7-3-1-4-8-17)18-9-5-2-6-10-18/h1-10,19-20,22H,11-16H2. The topological polar surface area (TPSA) is 23.5 Å². The molecular formula is C20H25NO. The van der Waals surface area contributed by atoms with Crippen molar-refractivity contribution in [2.75, 3.05) is 26.2 Å². The Balaban J connectivity index is 1.81. The highest BCUT2D eigenvalue weighted by atomic mass is 16.3. The quantitative estimate of drug-likeness (QED) is 0.912. The summed E-state index contributed by atoms with van der Waals surface area (Å²) in [5.41, 5.74) is 2.85. The maximum atomic E-state index is 9.11. The van der Waals surface area contributed by atoms with Crippen LogP contribution in [0.15, 0.2) is 60.7 Å². The van der Waals surface area contributed by atoms with E-state index < -0.39 is 0 Å². The molecule has 0 saturated carbocycles. The second-order valence-electron chi connectivity index (χ2n) is 6.20. The summed E-state index contributed by atoms with van der Waals surface area (Å²) in [4.78, 5) is 2.38. The van der Waals surface area contributed by atoms with Gasteiger partial charge in [-0.25, -0.2) is 0 Å². The Morgan fingerprint density at radius 3 is 1.82 bits per heavy atom. The van der Waals surface area contributed by atoms with E-state index in [4.69, 9.17) is 5.11 Å². The average Bonchev–Trinajstić information content (AvgIpc) is 2.59. The fourth-order valence-electron chi connectivity index (χ4n) is 3.71. The molecule has 2 aromatic rings. The summed E-state index contributed by atoms with van der Waals surface area (Å²) in [6.45, 7) is 3.28. The van der Waals surface area contributed by atoms with Gasteiger partial charge in [0, 0.05) is 12.5 Å². The molecule has 0 amide bonds. The van der Waals surface area contributed by atoms with E-state index in [-0.39, 0.29) is 6.61 Å². The van der Waals surface area contributed by atoms with E-state index in [9.17, 15) is 0 Å². The number of piperidine rings is 1. The van der Waals surface area contributed by atoms with Gasteiger partial charge in [-0.15, -0.1) is 0 Å². The molecule has 0 atom stereocenters. The zero-order valence-corrected chi connectivity index (χ0v) is 13.1. The van der Waals surface area contributed by atoms with Gasteiger partial charge >= 0.3 is 0 Å². The Labute approximate surface area is 133 Å². The molecule has 2 nitrogen and oxygen atoms in total. The Morgan fingerprint density at radius 1 is 0.864 bits per heavy atom. The summed E-state index contributed by atoms with van der Waals surface area (Å²) in [6.07, 6.45) is 2.41. The van der Waals surface area contributed by atoms with Crippen molar-refractivity contribution in [1.82, 2.24) is 4.90 Å². The highest BCUT2D eigenvalue weighted by Gasteiger charge is 2.28. The van der Waals surface area contributed by atoms with Crippen molar-refractivity contribution in [2.24, 2.45) is 5.92 Å². The van der Waals surface area contributed by atoms with Crippen molar-refractivity contribution in [3.8, 4) is 0 Å². The predicted octanol–water partition coefficient (Wildman–Crippen LogP) is 3.52. The molecule has 1 N–H and O–H groups in total. The van der Waals surface area contributed by atoms with Gasteiger partial charge in [-0.3, -0.25) is 0 Å². The Morgan fingerprint density at radius 2 is 1.36 bits per heavy atom. The first-order valence-electron chi connectivity index (χ1n) is 8.31. The molecule has 2 aromatic carbocycles. The maximum absolute atomic E-state index is 9.11. The minimum absolute atomic E-state index is 0.269. The van der Waals surface area contributed by atoms with E-state index in [1.807, 2.05) is 0 Å². The second kappa shape index (κ2) is 7.57. The van der Waals surface area contributed by atoms with Crippen LogP contribution in [0.3, 0.4) is 0 Å². The van der Waals surface area contributed by atoms with Gasteiger partial charge in [0.15, 0.2) is 0 Å². The van der Waals surface area contributed by atoms with Crippen LogP contribution < -0.4 is 0 Å². The molecule has 1 saturated heterocycles. The molecule has 0 unspecified atom stereocenters. The number of likely N-dealkylation sites (tertiary alicyclic amines) is 1. The monoisotopic (exact) mass is 295 g/mol. The number of β-amino-alcohol motifs (C(OH)–C–C–N with tert-alkyl or cyclic N) is 1. The van der Waals surface area contributed by atoms with Crippen molar-refractivity contribution in [2.45, 2.75) is 18.8 Å². The fraction of sp³-hybridized carbons (Fsp3) is 0.400. The lowest BCUT2D eigenvalue weighted by Crippen LogP contribution is -2.37. The van der Waals surface area contributed by atoms with Crippen LogP contribution in [0.5, 0.6) is 0 Å². The molecule has 3 rings (SSSR count). The van der Waals surface area contributed by atoms with Gasteiger partial charge < -0.3 is 10.0 Å². The van der Waals surface area contributed by atoms with Crippen LogP contribution in [0.1, 0.15) is 29.9 Å². The highest BCUT2D eigenvalue weighted by Crippen LogP contribution is 2.37. The van der Waals surface area contributed by atoms with Crippen molar-refractivity contribution in [1.29, 1.82) is 0 Å². The summed E-state index contributed by atoms with van der Waals surface area (Å²) < 4.78 is 0. The van der Waals surface area contributed by atoms with Gasteiger partial charge in [-0.2, -0.15) is 0 Å². The van der Waals surface area contributed by atoms with Gasteiger partial charge in [-0.1, -0.05) is 60.7 Å².